The number of aryl methyl sites for hydroxylation is 1. The molecule has 3 N–H and O–H groups in total. The van der Waals surface area contributed by atoms with E-state index in [0.717, 1.165) is 30.4 Å². The van der Waals surface area contributed by atoms with Crippen LogP contribution >= 0.6 is 24.0 Å². The van der Waals surface area contributed by atoms with Crippen LogP contribution in [0.15, 0.2) is 11.2 Å². The van der Waals surface area contributed by atoms with Crippen molar-refractivity contribution >= 4 is 29.9 Å². The fourth-order valence-corrected chi connectivity index (χ4v) is 2.74. The molecule has 1 aromatic rings. The van der Waals surface area contributed by atoms with E-state index >= 15 is 0 Å². The quantitative estimate of drug-likeness (QED) is 0.325. The number of aromatic nitrogens is 2. The van der Waals surface area contributed by atoms with Crippen molar-refractivity contribution in [2.24, 2.45) is 17.8 Å². The predicted octanol–water partition coefficient (Wildman–Crippen LogP) is 3.18. The maximum absolute atomic E-state index is 12.8. The number of aliphatic imine (C=N–C) groups is 1. The first-order valence-electron chi connectivity index (χ1n) is 7.52. The van der Waals surface area contributed by atoms with Crippen molar-refractivity contribution in [1.82, 2.24) is 15.1 Å². The molecule has 0 aliphatic heterocycles. The highest BCUT2D eigenvalue weighted by Crippen LogP contribution is 2.30. The zero-order chi connectivity index (χ0) is 16.2. The molecule has 0 aromatic carbocycles. The second-order valence-electron chi connectivity index (χ2n) is 5.71. The Hall–Kier alpha value is -1.00. The number of guanidine groups is 1. The Morgan fingerprint density at radius 3 is 2.52 bits per heavy atom. The van der Waals surface area contributed by atoms with Gasteiger partial charge in [0.05, 0.1) is 6.54 Å². The SMILES string of the molecule is Cn1cc(CN=C(N)NC2CCCCCC2)c(C(F)(F)F)n1.I. The van der Waals surface area contributed by atoms with Gasteiger partial charge >= 0.3 is 6.18 Å². The third-order valence-electron chi connectivity index (χ3n) is 3.80. The van der Waals surface area contributed by atoms with E-state index in [1.54, 1.807) is 0 Å². The van der Waals surface area contributed by atoms with Crippen molar-refractivity contribution in [3.8, 4) is 0 Å². The summed E-state index contributed by atoms with van der Waals surface area (Å²) in [6.07, 6.45) is 3.63. The Bertz CT molecular complexity index is 519. The monoisotopic (exact) mass is 445 g/mol. The molecule has 1 aliphatic carbocycles. The Morgan fingerprint density at radius 1 is 1.35 bits per heavy atom. The number of nitrogens with one attached hydrogen (secondary N) is 1. The highest BCUT2D eigenvalue weighted by molar-refractivity contribution is 14.0. The summed E-state index contributed by atoms with van der Waals surface area (Å²) in [5.41, 5.74) is 4.93. The molecular weight excluding hydrogens is 422 g/mol. The van der Waals surface area contributed by atoms with E-state index in [9.17, 15) is 13.2 Å². The summed E-state index contributed by atoms with van der Waals surface area (Å²) in [6, 6.07) is 0.266. The van der Waals surface area contributed by atoms with Crippen LogP contribution in [0, 0.1) is 0 Å². The van der Waals surface area contributed by atoms with E-state index in [0.29, 0.717) is 0 Å². The molecule has 1 saturated carbocycles. The molecule has 0 atom stereocenters. The third kappa shape index (κ3) is 6.19. The van der Waals surface area contributed by atoms with Crippen molar-refractivity contribution in [1.29, 1.82) is 0 Å². The first-order valence-corrected chi connectivity index (χ1v) is 7.52. The lowest BCUT2D eigenvalue weighted by molar-refractivity contribution is -0.142. The average molecular weight is 445 g/mol. The van der Waals surface area contributed by atoms with Crippen LogP contribution in [0.2, 0.25) is 0 Å². The minimum absolute atomic E-state index is 0. The van der Waals surface area contributed by atoms with Crippen molar-refractivity contribution in [3.63, 3.8) is 0 Å². The molecule has 1 fully saturated rings. The molecule has 0 radical (unpaired) electrons. The van der Waals surface area contributed by atoms with Gasteiger partial charge in [-0.3, -0.25) is 4.68 Å². The minimum Gasteiger partial charge on any atom is -0.370 e. The van der Waals surface area contributed by atoms with Crippen LogP contribution in [0.5, 0.6) is 0 Å². The highest BCUT2D eigenvalue weighted by Gasteiger charge is 2.36. The summed E-state index contributed by atoms with van der Waals surface area (Å²) >= 11 is 0. The van der Waals surface area contributed by atoms with E-state index in [1.165, 1.54) is 26.1 Å². The van der Waals surface area contributed by atoms with Crippen molar-refractivity contribution in [3.05, 3.63) is 17.5 Å². The third-order valence-corrected chi connectivity index (χ3v) is 3.80. The molecule has 1 heterocycles. The van der Waals surface area contributed by atoms with Crippen LogP contribution in [0.25, 0.3) is 0 Å². The van der Waals surface area contributed by atoms with Gasteiger partial charge in [-0.05, 0) is 12.8 Å². The van der Waals surface area contributed by atoms with E-state index in [2.05, 4.69) is 15.4 Å². The number of nitrogens with zero attached hydrogens (tertiary/aromatic N) is 3. The summed E-state index contributed by atoms with van der Waals surface area (Å²) in [5.74, 6) is 0.198. The van der Waals surface area contributed by atoms with Crippen LogP contribution < -0.4 is 11.1 Å². The predicted molar refractivity (Wildman–Crippen MR) is 93.6 cm³/mol. The lowest BCUT2D eigenvalue weighted by atomic mass is 10.1. The normalized spacial score (nSPS) is 17.5. The minimum atomic E-state index is -4.48. The molecule has 2 rings (SSSR count). The average Bonchev–Trinajstić information content (AvgIpc) is 2.64. The molecule has 1 aromatic heterocycles. The fourth-order valence-electron chi connectivity index (χ4n) is 2.74. The van der Waals surface area contributed by atoms with E-state index in [1.807, 2.05) is 0 Å². The fraction of sp³-hybridized carbons (Fsp3) is 0.714. The van der Waals surface area contributed by atoms with Gasteiger partial charge in [-0.25, -0.2) is 4.99 Å². The van der Waals surface area contributed by atoms with Gasteiger partial charge in [0.1, 0.15) is 0 Å². The van der Waals surface area contributed by atoms with Crippen molar-refractivity contribution < 1.29 is 13.2 Å². The number of halogens is 4. The zero-order valence-electron chi connectivity index (χ0n) is 13.1. The lowest BCUT2D eigenvalue weighted by Crippen LogP contribution is -2.39. The molecule has 0 bridgehead atoms. The van der Waals surface area contributed by atoms with E-state index in [4.69, 9.17) is 5.73 Å². The van der Waals surface area contributed by atoms with E-state index in [-0.39, 0.29) is 48.1 Å². The second-order valence-corrected chi connectivity index (χ2v) is 5.71. The van der Waals surface area contributed by atoms with Crippen LogP contribution in [-0.2, 0) is 19.8 Å². The molecule has 1 aliphatic rings. The largest absolute Gasteiger partial charge is 0.435 e. The summed E-state index contributed by atoms with van der Waals surface area (Å²) in [5, 5.41) is 6.56. The summed E-state index contributed by atoms with van der Waals surface area (Å²) in [6.45, 7) is -0.131. The molecule has 132 valence electrons. The first kappa shape index (κ1) is 20.0. The van der Waals surface area contributed by atoms with Gasteiger partial charge in [-0.1, -0.05) is 25.7 Å². The van der Waals surface area contributed by atoms with Crippen LogP contribution in [0.4, 0.5) is 13.2 Å². The second kappa shape index (κ2) is 8.74. The topological polar surface area (TPSA) is 68.2 Å². The van der Waals surface area contributed by atoms with Crippen LogP contribution in [0.3, 0.4) is 0 Å². The van der Waals surface area contributed by atoms with Crippen molar-refractivity contribution in [2.75, 3.05) is 0 Å². The molecule has 0 amide bonds. The Labute approximate surface area is 150 Å². The van der Waals surface area contributed by atoms with Crippen LogP contribution in [-0.4, -0.2) is 21.8 Å². The van der Waals surface area contributed by atoms with E-state index < -0.39 is 11.9 Å². The van der Waals surface area contributed by atoms with Gasteiger partial charge in [0.15, 0.2) is 11.7 Å². The molecule has 9 heteroatoms. The van der Waals surface area contributed by atoms with Gasteiger partial charge in [0, 0.05) is 24.8 Å². The number of nitrogens with two attached hydrogens (primary N) is 1. The van der Waals surface area contributed by atoms with Gasteiger partial charge < -0.3 is 11.1 Å². The molecule has 0 saturated heterocycles. The lowest BCUT2D eigenvalue weighted by Gasteiger charge is -2.16. The Morgan fingerprint density at radius 2 is 1.96 bits per heavy atom. The number of alkyl halides is 3. The standard InChI is InChI=1S/C14H22F3N5.HI/c1-22-9-10(12(21-22)14(15,16)17)8-19-13(18)20-11-6-4-2-3-5-7-11;/h9,11H,2-8H2,1H3,(H3,18,19,20);1H. The maximum Gasteiger partial charge on any atom is 0.435 e. The summed E-state index contributed by atoms with van der Waals surface area (Å²) in [4.78, 5) is 4.04. The Kier molecular flexibility index (Phi) is 7.62. The van der Waals surface area contributed by atoms with Gasteiger partial charge in [0.25, 0.3) is 0 Å². The number of rotatable bonds is 3. The zero-order valence-corrected chi connectivity index (χ0v) is 15.4. The first-order chi connectivity index (χ1) is 10.4. The van der Waals surface area contributed by atoms with Gasteiger partial charge in [0.2, 0.25) is 0 Å². The molecular formula is C14H23F3IN5. The van der Waals surface area contributed by atoms with Gasteiger partial charge in [-0.2, -0.15) is 18.3 Å². The number of hydrogen-bond acceptors (Lipinski definition) is 2. The van der Waals surface area contributed by atoms with Crippen molar-refractivity contribution in [2.45, 2.75) is 57.3 Å². The number of hydrogen-bond donors (Lipinski definition) is 2. The summed E-state index contributed by atoms with van der Waals surface area (Å²) in [7, 11) is 1.45. The maximum atomic E-state index is 12.8. The summed E-state index contributed by atoms with van der Waals surface area (Å²) < 4.78 is 39.6. The molecule has 0 unspecified atom stereocenters. The molecule has 0 spiro atoms. The smallest absolute Gasteiger partial charge is 0.370 e. The van der Waals surface area contributed by atoms with Gasteiger partial charge in [-0.15, -0.1) is 24.0 Å². The molecule has 5 nitrogen and oxygen atoms in total. The van der Waals surface area contributed by atoms with Crippen LogP contribution in [0.1, 0.15) is 49.8 Å². The Balaban J connectivity index is 0.00000264. The highest BCUT2D eigenvalue weighted by atomic mass is 127. The molecule has 23 heavy (non-hydrogen) atoms.